The van der Waals surface area contributed by atoms with Crippen molar-refractivity contribution in [3.63, 3.8) is 0 Å². The Balaban J connectivity index is 1.53. The molecule has 3 unspecified atom stereocenters. The number of furan rings is 1. The van der Waals surface area contributed by atoms with Gasteiger partial charge in [-0.2, -0.15) is 0 Å². The fraction of sp³-hybridized carbons (Fsp3) is 0.353. The minimum absolute atomic E-state index is 0.178. The second-order valence-corrected chi connectivity index (χ2v) is 6.16. The summed E-state index contributed by atoms with van der Waals surface area (Å²) in [6.07, 6.45) is 2.66. The van der Waals surface area contributed by atoms with Gasteiger partial charge >= 0.3 is 5.97 Å². The molecule has 2 saturated heterocycles. The number of hydrogen-bond donors (Lipinski definition) is 2. The molecule has 122 valence electrons. The number of pyridine rings is 1. The number of aliphatic carboxylic acids is 1. The quantitative estimate of drug-likeness (QED) is 0.789. The molecule has 0 radical (unpaired) electrons. The lowest BCUT2D eigenvalue weighted by molar-refractivity contribution is -0.130. The third kappa shape index (κ3) is 2.72. The van der Waals surface area contributed by atoms with Crippen LogP contribution in [0.4, 0.5) is 0 Å². The molecule has 7 heteroatoms. The van der Waals surface area contributed by atoms with Crippen molar-refractivity contribution in [3.8, 4) is 11.8 Å². The van der Waals surface area contributed by atoms with Gasteiger partial charge in [-0.3, -0.25) is 9.78 Å². The van der Waals surface area contributed by atoms with Crippen molar-refractivity contribution in [2.75, 3.05) is 19.6 Å². The van der Waals surface area contributed by atoms with E-state index in [1.165, 1.54) is 6.20 Å². The third-order valence-electron chi connectivity index (χ3n) is 4.58. The molecule has 0 saturated carbocycles. The SMILES string of the molecule is O=C(O)C#Cc1cc2cnc(C(=O)NC3CN4CCC3C4)cc2o1. The molecule has 3 atom stereocenters. The molecule has 4 heterocycles. The number of aromatic nitrogens is 1. The Morgan fingerprint density at radius 3 is 2.96 bits per heavy atom. The Kier molecular flexibility index (Phi) is 3.47. The third-order valence-corrected chi connectivity index (χ3v) is 4.58. The zero-order chi connectivity index (χ0) is 16.7. The normalized spacial score (nSPS) is 24.6. The minimum Gasteiger partial charge on any atom is -0.472 e. The highest BCUT2D eigenvalue weighted by atomic mass is 16.4. The van der Waals surface area contributed by atoms with Crippen molar-refractivity contribution < 1.29 is 19.1 Å². The van der Waals surface area contributed by atoms with E-state index in [1.807, 2.05) is 5.92 Å². The molecule has 0 aliphatic carbocycles. The summed E-state index contributed by atoms with van der Waals surface area (Å²) in [5, 5.41) is 12.3. The summed E-state index contributed by atoms with van der Waals surface area (Å²) >= 11 is 0. The Hall–Kier alpha value is -2.85. The van der Waals surface area contributed by atoms with Crippen LogP contribution in [0.25, 0.3) is 11.0 Å². The molecule has 24 heavy (non-hydrogen) atoms. The average molecular weight is 325 g/mol. The summed E-state index contributed by atoms with van der Waals surface area (Å²) in [5.74, 6) is 3.71. The van der Waals surface area contributed by atoms with Crippen LogP contribution in [0.1, 0.15) is 22.7 Å². The standard InChI is InChI=1S/C17H15N3O4/c21-16(22)2-1-12-5-11-7-18-13(6-15(11)24-12)17(23)19-14-9-20-4-3-10(14)8-20/h5-7,10,14H,3-4,8-9H2,(H,19,23)(H,21,22). The first-order chi connectivity index (χ1) is 11.6. The molecule has 2 bridgehead atoms. The molecule has 2 fully saturated rings. The lowest BCUT2D eigenvalue weighted by Crippen LogP contribution is -2.43. The fourth-order valence-corrected chi connectivity index (χ4v) is 3.42. The van der Waals surface area contributed by atoms with Crippen LogP contribution in [-0.4, -0.2) is 52.5 Å². The van der Waals surface area contributed by atoms with E-state index in [0.29, 0.717) is 16.9 Å². The monoisotopic (exact) mass is 325 g/mol. The number of carbonyl (C=O) groups is 2. The molecule has 7 nitrogen and oxygen atoms in total. The maximum Gasteiger partial charge on any atom is 0.382 e. The molecular weight excluding hydrogens is 310 g/mol. The molecule has 0 aromatic carbocycles. The first-order valence-electron chi connectivity index (χ1n) is 7.76. The predicted molar refractivity (Wildman–Crippen MR) is 84.3 cm³/mol. The summed E-state index contributed by atoms with van der Waals surface area (Å²) in [6, 6.07) is 3.34. The largest absolute Gasteiger partial charge is 0.472 e. The molecule has 2 aromatic heterocycles. The van der Waals surface area contributed by atoms with Gasteiger partial charge in [-0.25, -0.2) is 4.79 Å². The van der Waals surface area contributed by atoms with E-state index < -0.39 is 5.97 Å². The van der Waals surface area contributed by atoms with Crippen molar-refractivity contribution >= 4 is 22.8 Å². The average Bonchev–Trinajstić information content (AvgIpc) is 3.26. The van der Waals surface area contributed by atoms with Gasteiger partial charge < -0.3 is 19.7 Å². The lowest BCUT2D eigenvalue weighted by Gasteiger charge is -2.22. The fourth-order valence-electron chi connectivity index (χ4n) is 3.42. The van der Waals surface area contributed by atoms with Crippen molar-refractivity contribution in [2.45, 2.75) is 12.5 Å². The smallest absolute Gasteiger partial charge is 0.382 e. The van der Waals surface area contributed by atoms with Crippen LogP contribution in [0.3, 0.4) is 0 Å². The number of fused-ring (bicyclic) bond motifs is 3. The number of amides is 1. The van der Waals surface area contributed by atoms with Gasteiger partial charge in [0.25, 0.3) is 5.91 Å². The van der Waals surface area contributed by atoms with Gasteiger partial charge in [-0.1, -0.05) is 0 Å². The van der Waals surface area contributed by atoms with Crippen LogP contribution in [-0.2, 0) is 4.79 Å². The maximum absolute atomic E-state index is 12.4. The summed E-state index contributed by atoms with van der Waals surface area (Å²) in [5.41, 5.74) is 0.744. The minimum atomic E-state index is -1.23. The van der Waals surface area contributed by atoms with Crippen LogP contribution >= 0.6 is 0 Å². The van der Waals surface area contributed by atoms with Gasteiger partial charge in [0.2, 0.25) is 0 Å². The van der Waals surface area contributed by atoms with Gasteiger partial charge in [0.05, 0.1) is 0 Å². The van der Waals surface area contributed by atoms with Crippen LogP contribution in [0.2, 0.25) is 0 Å². The Labute approximate surface area is 137 Å². The summed E-state index contributed by atoms with van der Waals surface area (Å²) in [6.45, 7) is 3.07. The zero-order valence-electron chi connectivity index (χ0n) is 12.8. The molecule has 2 aromatic rings. The van der Waals surface area contributed by atoms with Crippen LogP contribution in [0, 0.1) is 17.8 Å². The predicted octanol–water partition coefficient (Wildman–Crippen LogP) is 0.698. The topological polar surface area (TPSA) is 95.7 Å². The van der Waals surface area contributed by atoms with Crippen LogP contribution < -0.4 is 5.32 Å². The first kappa shape index (κ1) is 14.7. The van der Waals surface area contributed by atoms with Gasteiger partial charge in [-0.05, 0) is 24.8 Å². The number of hydrogen-bond acceptors (Lipinski definition) is 5. The number of carboxylic acids is 1. The Morgan fingerprint density at radius 2 is 2.25 bits per heavy atom. The highest BCUT2D eigenvalue weighted by Gasteiger charge is 2.38. The van der Waals surface area contributed by atoms with Gasteiger partial charge in [0.1, 0.15) is 11.3 Å². The lowest BCUT2D eigenvalue weighted by atomic mass is 10.00. The highest BCUT2D eigenvalue weighted by Crippen LogP contribution is 2.28. The van der Waals surface area contributed by atoms with E-state index in [9.17, 15) is 9.59 Å². The number of carboxylic acid groups (broad SMARTS) is 1. The van der Waals surface area contributed by atoms with E-state index in [2.05, 4.69) is 21.1 Å². The molecule has 2 aliphatic heterocycles. The van der Waals surface area contributed by atoms with Crippen molar-refractivity contribution in [1.82, 2.24) is 15.2 Å². The van der Waals surface area contributed by atoms with Gasteiger partial charge in [0, 0.05) is 48.8 Å². The van der Waals surface area contributed by atoms with E-state index >= 15 is 0 Å². The molecule has 2 N–H and O–H groups in total. The van der Waals surface area contributed by atoms with E-state index in [-0.39, 0.29) is 23.4 Å². The van der Waals surface area contributed by atoms with Crippen molar-refractivity contribution in [1.29, 1.82) is 0 Å². The molecule has 4 rings (SSSR count). The summed E-state index contributed by atoms with van der Waals surface area (Å²) < 4.78 is 5.46. The van der Waals surface area contributed by atoms with Gasteiger partial charge in [0.15, 0.2) is 5.76 Å². The maximum atomic E-state index is 12.4. The second kappa shape index (κ2) is 5.65. The number of nitrogens with zero attached hydrogens (tertiary/aromatic N) is 2. The number of carbonyl (C=O) groups excluding carboxylic acids is 1. The van der Waals surface area contributed by atoms with E-state index in [1.54, 1.807) is 12.1 Å². The van der Waals surface area contributed by atoms with Crippen molar-refractivity contribution in [2.24, 2.45) is 5.92 Å². The highest BCUT2D eigenvalue weighted by molar-refractivity contribution is 5.95. The summed E-state index contributed by atoms with van der Waals surface area (Å²) in [7, 11) is 0. The number of rotatable bonds is 2. The zero-order valence-corrected chi connectivity index (χ0v) is 12.8. The molecular formula is C17H15N3O4. The van der Waals surface area contributed by atoms with Crippen molar-refractivity contribution in [3.05, 3.63) is 29.8 Å². The molecule has 1 amide bonds. The van der Waals surface area contributed by atoms with E-state index in [0.717, 1.165) is 26.1 Å². The molecule has 0 spiro atoms. The number of piperidine rings is 1. The Morgan fingerprint density at radius 1 is 1.38 bits per heavy atom. The Bertz CT molecular complexity index is 892. The first-order valence-corrected chi connectivity index (χ1v) is 7.76. The molecule has 2 aliphatic rings. The van der Waals surface area contributed by atoms with E-state index in [4.69, 9.17) is 9.52 Å². The summed E-state index contributed by atoms with van der Waals surface area (Å²) in [4.78, 5) is 29.4. The number of nitrogens with one attached hydrogen (secondary N) is 1. The van der Waals surface area contributed by atoms with Gasteiger partial charge in [-0.15, -0.1) is 0 Å². The van der Waals surface area contributed by atoms with Crippen LogP contribution in [0.15, 0.2) is 22.7 Å². The second-order valence-electron chi connectivity index (χ2n) is 6.16. The van der Waals surface area contributed by atoms with Crippen LogP contribution in [0.5, 0.6) is 0 Å².